The molecule has 6 heteroatoms. The Bertz CT molecular complexity index is 646. The number of aromatic nitrogens is 2. The van der Waals surface area contributed by atoms with E-state index in [4.69, 9.17) is 5.11 Å². The van der Waals surface area contributed by atoms with Gasteiger partial charge in [-0.05, 0) is 23.3 Å². The van der Waals surface area contributed by atoms with E-state index in [0.29, 0.717) is 12.4 Å². The zero-order chi connectivity index (χ0) is 15.0. The minimum Gasteiger partial charge on any atom is -0.394 e. The molecule has 1 aliphatic carbocycles. The summed E-state index contributed by atoms with van der Waals surface area (Å²) in [7, 11) is 0. The fraction of sp³-hybridized carbons (Fsp3) is 0.467. The van der Waals surface area contributed by atoms with Gasteiger partial charge in [-0.2, -0.15) is 5.10 Å². The van der Waals surface area contributed by atoms with Crippen molar-refractivity contribution in [1.82, 2.24) is 9.78 Å². The van der Waals surface area contributed by atoms with Crippen LogP contribution in [0.15, 0.2) is 23.6 Å². The summed E-state index contributed by atoms with van der Waals surface area (Å²) in [4.78, 5) is 13.3. The Morgan fingerprint density at radius 2 is 2.38 bits per heavy atom. The fourth-order valence-electron chi connectivity index (χ4n) is 2.46. The number of anilines is 1. The predicted molar refractivity (Wildman–Crippen MR) is 83.1 cm³/mol. The third-order valence-corrected chi connectivity index (χ3v) is 4.84. The minimum absolute atomic E-state index is 0.0106. The highest BCUT2D eigenvalue weighted by Gasteiger charge is 2.50. The van der Waals surface area contributed by atoms with Crippen molar-refractivity contribution >= 4 is 23.1 Å². The quantitative estimate of drug-likeness (QED) is 0.892. The van der Waals surface area contributed by atoms with Crippen LogP contribution in [-0.4, -0.2) is 27.4 Å². The van der Waals surface area contributed by atoms with Gasteiger partial charge in [0.15, 0.2) is 0 Å². The zero-order valence-corrected chi connectivity index (χ0v) is 13.0. The molecule has 1 saturated carbocycles. The first-order valence-electron chi connectivity index (χ1n) is 7.05. The molecular weight excluding hydrogens is 286 g/mol. The summed E-state index contributed by atoms with van der Waals surface area (Å²) >= 11 is 1.60. The van der Waals surface area contributed by atoms with Crippen LogP contribution in [0.2, 0.25) is 0 Å². The molecule has 1 aliphatic rings. The lowest BCUT2D eigenvalue weighted by molar-refractivity contribution is -0.118. The van der Waals surface area contributed by atoms with Gasteiger partial charge >= 0.3 is 0 Å². The van der Waals surface area contributed by atoms with E-state index in [2.05, 4.69) is 24.3 Å². The first kappa shape index (κ1) is 14.3. The zero-order valence-electron chi connectivity index (χ0n) is 12.2. The molecule has 112 valence electrons. The fourth-order valence-corrected chi connectivity index (χ4v) is 3.14. The Kier molecular flexibility index (Phi) is 3.59. The maximum atomic E-state index is 12.2. The van der Waals surface area contributed by atoms with Crippen LogP contribution >= 0.6 is 11.3 Å². The van der Waals surface area contributed by atoms with Crippen molar-refractivity contribution in [3.63, 3.8) is 0 Å². The second-order valence-electron chi connectivity index (χ2n) is 6.07. The summed E-state index contributed by atoms with van der Waals surface area (Å²) in [6.07, 6.45) is 0.921. The molecule has 0 unspecified atom stereocenters. The van der Waals surface area contributed by atoms with Crippen molar-refractivity contribution in [3.05, 3.63) is 23.6 Å². The van der Waals surface area contributed by atoms with Crippen LogP contribution in [0, 0.1) is 11.3 Å². The molecule has 0 aliphatic heterocycles. The topological polar surface area (TPSA) is 67.2 Å². The van der Waals surface area contributed by atoms with Gasteiger partial charge in [0.2, 0.25) is 5.91 Å². The summed E-state index contributed by atoms with van der Waals surface area (Å²) in [6, 6.07) is 5.83. The smallest absolute Gasteiger partial charge is 0.229 e. The first-order chi connectivity index (χ1) is 10.0. The number of nitrogens with zero attached hydrogens (tertiary/aromatic N) is 2. The molecule has 1 amide bonds. The van der Waals surface area contributed by atoms with Gasteiger partial charge in [0.25, 0.3) is 0 Å². The molecule has 3 rings (SSSR count). The third kappa shape index (κ3) is 2.87. The lowest BCUT2D eigenvalue weighted by Gasteiger charge is -2.08. The number of nitrogens with one attached hydrogen (secondary N) is 1. The number of carbonyl (C=O) groups excluding carboxylic acids is 1. The second kappa shape index (κ2) is 5.27. The number of rotatable bonds is 5. The van der Waals surface area contributed by atoms with Crippen LogP contribution in [0.1, 0.15) is 20.3 Å². The average molecular weight is 305 g/mol. The Morgan fingerprint density at radius 1 is 1.62 bits per heavy atom. The molecule has 1 fully saturated rings. The van der Waals surface area contributed by atoms with Gasteiger partial charge in [-0.1, -0.05) is 19.9 Å². The SMILES string of the molecule is CC1(C)C[C@@H]1C(=O)Nc1cc(-c2cccs2)nn1CCO. The van der Waals surface area contributed by atoms with Gasteiger partial charge < -0.3 is 10.4 Å². The third-order valence-electron chi connectivity index (χ3n) is 3.95. The molecular formula is C15H19N3O2S. The molecule has 0 aromatic carbocycles. The van der Waals surface area contributed by atoms with E-state index in [-0.39, 0.29) is 23.8 Å². The molecule has 0 bridgehead atoms. The average Bonchev–Trinajstić information content (AvgIpc) is 2.87. The Balaban J connectivity index is 1.81. The van der Waals surface area contributed by atoms with Crippen LogP contribution < -0.4 is 5.32 Å². The summed E-state index contributed by atoms with van der Waals surface area (Å²) in [5, 5.41) is 18.6. The van der Waals surface area contributed by atoms with Crippen LogP contribution in [0.3, 0.4) is 0 Å². The molecule has 0 radical (unpaired) electrons. The molecule has 1 atom stereocenters. The van der Waals surface area contributed by atoms with Crippen molar-refractivity contribution in [3.8, 4) is 10.6 Å². The van der Waals surface area contributed by atoms with Crippen molar-refractivity contribution in [2.24, 2.45) is 11.3 Å². The highest BCUT2D eigenvalue weighted by atomic mass is 32.1. The van der Waals surface area contributed by atoms with Crippen molar-refractivity contribution in [2.45, 2.75) is 26.8 Å². The molecule has 2 aromatic heterocycles. The molecule has 21 heavy (non-hydrogen) atoms. The van der Waals surface area contributed by atoms with E-state index in [0.717, 1.165) is 17.0 Å². The minimum atomic E-state index is -0.0106. The number of amides is 1. The van der Waals surface area contributed by atoms with E-state index in [1.54, 1.807) is 16.0 Å². The molecule has 2 heterocycles. The highest BCUT2D eigenvalue weighted by molar-refractivity contribution is 7.13. The van der Waals surface area contributed by atoms with Crippen LogP contribution in [-0.2, 0) is 11.3 Å². The molecule has 2 aromatic rings. The number of aliphatic hydroxyl groups excluding tert-OH is 1. The monoisotopic (exact) mass is 305 g/mol. The maximum Gasteiger partial charge on any atom is 0.229 e. The predicted octanol–water partition coefficient (Wildman–Crippen LogP) is 2.59. The van der Waals surface area contributed by atoms with Crippen molar-refractivity contribution < 1.29 is 9.90 Å². The van der Waals surface area contributed by atoms with Gasteiger partial charge in [-0.25, -0.2) is 4.68 Å². The van der Waals surface area contributed by atoms with Crippen molar-refractivity contribution in [1.29, 1.82) is 0 Å². The Labute approximate surface area is 127 Å². The van der Waals surface area contributed by atoms with Crippen molar-refractivity contribution in [2.75, 3.05) is 11.9 Å². The number of aliphatic hydroxyl groups is 1. The van der Waals surface area contributed by atoms with E-state index < -0.39 is 0 Å². The van der Waals surface area contributed by atoms with Gasteiger partial charge in [-0.15, -0.1) is 11.3 Å². The summed E-state index contributed by atoms with van der Waals surface area (Å²) < 4.78 is 1.66. The van der Waals surface area contributed by atoms with Crippen LogP contribution in [0.5, 0.6) is 0 Å². The van der Waals surface area contributed by atoms with Gasteiger partial charge in [-0.3, -0.25) is 4.79 Å². The first-order valence-corrected chi connectivity index (χ1v) is 7.93. The van der Waals surface area contributed by atoms with E-state index in [9.17, 15) is 4.79 Å². The summed E-state index contributed by atoms with van der Waals surface area (Å²) in [5.41, 5.74) is 0.923. The molecule has 0 saturated heterocycles. The Morgan fingerprint density at radius 3 is 2.95 bits per heavy atom. The normalized spacial score (nSPS) is 19.5. The van der Waals surface area contributed by atoms with Gasteiger partial charge in [0, 0.05) is 12.0 Å². The molecule has 2 N–H and O–H groups in total. The summed E-state index contributed by atoms with van der Waals surface area (Å²) in [5.74, 6) is 0.761. The number of thiophene rings is 1. The van der Waals surface area contributed by atoms with Crippen LogP contribution in [0.4, 0.5) is 5.82 Å². The van der Waals surface area contributed by atoms with Gasteiger partial charge in [0.1, 0.15) is 11.5 Å². The number of hydrogen-bond acceptors (Lipinski definition) is 4. The number of hydrogen-bond donors (Lipinski definition) is 2. The Hall–Kier alpha value is -1.66. The standard InChI is InChI=1S/C15H19N3O2S/c1-15(2)9-10(15)14(20)16-13-8-11(12-4-3-7-21-12)17-18(13)5-6-19/h3-4,7-8,10,19H,5-6,9H2,1-2H3,(H,16,20)/t10-/m1/s1. The second-order valence-corrected chi connectivity index (χ2v) is 7.02. The largest absolute Gasteiger partial charge is 0.394 e. The highest BCUT2D eigenvalue weighted by Crippen LogP contribution is 2.52. The maximum absolute atomic E-state index is 12.2. The summed E-state index contributed by atoms with van der Waals surface area (Å²) in [6.45, 7) is 4.55. The van der Waals surface area contributed by atoms with E-state index in [1.807, 2.05) is 23.6 Å². The van der Waals surface area contributed by atoms with E-state index >= 15 is 0 Å². The van der Waals surface area contributed by atoms with E-state index in [1.165, 1.54) is 0 Å². The lowest BCUT2D eigenvalue weighted by Crippen LogP contribution is -2.19. The molecule has 0 spiro atoms. The number of carbonyl (C=O) groups is 1. The van der Waals surface area contributed by atoms with Crippen LogP contribution in [0.25, 0.3) is 10.6 Å². The molecule has 5 nitrogen and oxygen atoms in total. The van der Waals surface area contributed by atoms with Gasteiger partial charge in [0.05, 0.1) is 18.0 Å². The lowest BCUT2D eigenvalue weighted by atomic mass is 10.1.